The van der Waals surface area contributed by atoms with Gasteiger partial charge < -0.3 is 15.3 Å². The normalized spacial score (nSPS) is 26.3. The van der Waals surface area contributed by atoms with E-state index in [1.807, 2.05) is 4.90 Å². The van der Waals surface area contributed by atoms with E-state index in [0.717, 1.165) is 38.2 Å². The Morgan fingerprint density at radius 1 is 1.21 bits per heavy atom. The molecule has 2 N–H and O–H groups in total. The van der Waals surface area contributed by atoms with Crippen molar-refractivity contribution in [3.05, 3.63) is 28.9 Å². The van der Waals surface area contributed by atoms with Crippen molar-refractivity contribution >= 4 is 34.2 Å². The second-order valence-electron chi connectivity index (χ2n) is 9.87. The van der Waals surface area contributed by atoms with Gasteiger partial charge in [0.05, 0.1) is 29.3 Å². The number of aromatic nitrogens is 4. The zero-order valence-corrected chi connectivity index (χ0v) is 19.3. The van der Waals surface area contributed by atoms with Gasteiger partial charge in [-0.05, 0) is 32.1 Å². The first-order valence-corrected chi connectivity index (χ1v) is 12.6. The molecule has 0 unspecified atom stereocenters. The predicted octanol–water partition coefficient (Wildman–Crippen LogP) is 2.89. The number of aliphatic hydroxyl groups is 1. The molecule has 4 heterocycles. The van der Waals surface area contributed by atoms with Crippen LogP contribution in [0.25, 0.3) is 0 Å². The first-order valence-electron chi connectivity index (χ1n) is 11.0. The Kier molecular flexibility index (Phi) is 4.74. The third-order valence-corrected chi connectivity index (χ3v) is 9.13. The van der Waals surface area contributed by atoms with Gasteiger partial charge >= 0.3 is 5.25 Å². The van der Waals surface area contributed by atoms with Gasteiger partial charge in [0, 0.05) is 36.8 Å². The fourth-order valence-electron chi connectivity index (χ4n) is 5.48. The first-order chi connectivity index (χ1) is 15.7. The van der Waals surface area contributed by atoms with Crippen LogP contribution in [0.1, 0.15) is 49.5 Å². The fraction of sp³-hybridized carbons (Fsp3) is 0.619. The highest BCUT2D eigenvalue weighted by Crippen LogP contribution is 2.56. The Morgan fingerprint density at radius 2 is 1.91 bits per heavy atom. The van der Waals surface area contributed by atoms with E-state index in [9.17, 15) is 18.1 Å². The smallest absolute Gasteiger partial charge is 0.331 e. The van der Waals surface area contributed by atoms with E-state index >= 15 is 0 Å². The van der Waals surface area contributed by atoms with Crippen LogP contribution in [-0.4, -0.2) is 59.7 Å². The Labute approximate surface area is 196 Å². The van der Waals surface area contributed by atoms with Gasteiger partial charge in [0.15, 0.2) is 0 Å². The van der Waals surface area contributed by atoms with E-state index in [2.05, 4.69) is 25.3 Å². The fourth-order valence-corrected chi connectivity index (χ4v) is 6.74. The van der Waals surface area contributed by atoms with Gasteiger partial charge in [0.1, 0.15) is 27.3 Å². The highest BCUT2D eigenvalue weighted by molar-refractivity contribution is 7.86. The molecule has 2 aliphatic heterocycles. The first kappa shape index (κ1) is 21.5. The van der Waals surface area contributed by atoms with Gasteiger partial charge in [0.2, 0.25) is 5.95 Å². The summed E-state index contributed by atoms with van der Waals surface area (Å²) in [5, 5.41) is 10.1. The molecule has 8 nitrogen and oxygen atoms in total. The highest BCUT2D eigenvalue weighted by atomic mass is 35.5. The summed E-state index contributed by atoms with van der Waals surface area (Å²) in [5.74, 6) is 1.62. The number of halogens is 3. The average molecular weight is 497 g/mol. The van der Waals surface area contributed by atoms with Gasteiger partial charge in [-0.3, -0.25) is 0 Å². The lowest BCUT2D eigenvalue weighted by atomic mass is 9.57. The van der Waals surface area contributed by atoms with E-state index in [-0.39, 0.29) is 34.3 Å². The molecule has 0 radical (unpaired) electrons. The Hall–Kier alpha value is -1.98. The molecule has 176 valence electrons. The lowest BCUT2D eigenvalue weighted by Crippen LogP contribution is -2.62. The summed E-state index contributed by atoms with van der Waals surface area (Å²) >= 11 is 5.87. The molecular weight excluding hydrogens is 474 g/mol. The largest absolute Gasteiger partial charge is 0.394 e. The van der Waals surface area contributed by atoms with Gasteiger partial charge in [-0.2, -0.15) is 13.8 Å². The van der Waals surface area contributed by atoms with Crippen molar-refractivity contribution in [3.63, 3.8) is 0 Å². The molecule has 12 heteroatoms. The zero-order chi connectivity index (χ0) is 23.0. The van der Waals surface area contributed by atoms with E-state index in [0.29, 0.717) is 23.8 Å². The summed E-state index contributed by atoms with van der Waals surface area (Å²) in [7, 11) is -2.52. The average Bonchev–Trinajstić information content (AvgIpc) is 2.92. The molecular formula is C21H23ClF2N6O2S. The van der Waals surface area contributed by atoms with Crippen molar-refractivity contribution in [1.82, 2.24) is 19.9 Å². The molecule has 3 fully saturated rings. The van der Waals surface area contributed by atoms with E-state index in [4.69, 9.17) is 11.6 Å². The Morgan fingerprint density at radius 3 is 2.52 bits per heavy atom. The molecule has 2 aromatic rings. The van der Waals surface area contributed by atoms with Crippen LogP contribution in [-0.2, 0) is 17.2 Å². The molecule has 2 saturated carbocycles. The van der Waals surface area contributed by atoms with Crippen LogP contribution in [0.3, 0.4) is 0 Å². The lowest BCUT2D eigenvalue weighted by Gasteiger charge is -2.58. The molecule has 0 amide bonds. The molecule has 0 bridgehead atoms. The molecule has 2 aliphatic carbocycles. The zero-order valence-electron chi connectivity index (χ0n) is 17.7. The third-order valence-electron chi connectivity index (χ3n) is 7.45. The second kappa shape index (κ2) is 7.26. The maximum atomic E-state index is 14.3. The molecule has 33 heavy (non-hydrogen) atoms. The number of nitrogens with zero attached hydrogens (tertiary/aromatic N) is 5. The number of aliphatic hydroxyl groups excluding tert-OH is 1. The van der Waals surface area contributed by atoms with Gasteiger partial charge in [-0.15, -0.1) is 0 Å². The van der Waals surface area contributed by atoms with E-state index in [1.165, 1.54) is 0 Å². The number of anilines is 2. The summed E-state index contributed by atoms with van der Waals surface area (Å²) in [6.07, 6.45) is 6.78. The van der Waals surface area contributed by atoms with E-state index < -0.39 is 28.0 Å². The van der Waals surface area contributed by atoms with Crippen LogP contribution in [0.4, 0.5) is 20.5 Å². The van der Waals surface area contributed by atoms with Crippen LogP contribution < -0.4 is 10.2 Å². The van der Waals surface area contributed by atoms with Gasteiger partial charge in [0.25, 0.3) is 0 Å². The topological polar surface area (TPSA) is 104 Å². The molecule has 6 rings (SSSR count). The SMILES string of the molecule is O=[S@]1c2c(nc(N3CC4(CC(c5ncc(Cl)cn5)C4)C3)nc2NC2(CO)CCC2)CC1(F)F. The predicted molar refractivity (Wildman–Crippen MR) is 118 cm³/mol. The summed E-state index contributed by atoms with van der Waals surface area (Å²) < 4.78 is 41.1. The van der Waals surface area contributed by atoms with Crippen molar-refractivity contribution in [1.29, 1.82) is 0 Å². The standard InChI is InChI=1S/C21H23ClF2N6O2S/c22-13-7-25-16(26-8-13)12-4-19(5-12)9-30(10-19)18-27-14-6-21(23,24)33(32)15(14)17(28-18)29-20(11-31)2-1-3-20/h7-8,12,31H,1-6,9-11H2,(H,27,28,29)/t33-/m0/s1. The minimum absolute atomic E-state index is 0.0256. The molecule has 0 aromatic carbocycles. The lowest BCUT2D eigenvalue weighted by molar-refractivity contribution is 0.0581. The van der Waals surface area contributed by atoms with Crippen molar-refractivity contribution in [2.24, 2.45) is 5.41 Å². The maximum absolute atomic E-state index is 14.3. The maximum Gasteiger partial charge on any atom is 0.331 e. The Bertz CT molecular complexity index is 1130. The monoisotopic (exact) mass is 496 g/mol. The summed E-state index contributed by atoms with van der Waals surface area (Å²) in [6.45, 7) is 1.31. The minimum Gasteiger partial charge on any atom is -0.394 e. The third kappa shape index (κ3) is 3.42. The highest BCUT2D eigenvalue weighted by Gasteiger charge is 2.55. The molecule has 2 aromatic heterocycles. The quantitative estimate of drug-likeness (QED) is 0.651. The summed E-state index contributed by atoms with van der Waals surface area (Å²) in [6, 6.07) is 0. The second-order valence-corrected chi connectivity index (χ2v) is 11.8. The van der Waals surface area contributed by atoms with Crippen LogP contribution in [0.2, 0.25) is 5.02 Å². The number of hydrogen-bond acceptors (Lipinski definition) is 8. The summed E-state index contributed by atoms with van der Waals surface area (Å²) in [4.78, 5) is 19.5. The number of fused-ring (bicyclic) bond motifs is 1. The number of rotatable bonds is 5. The minimum atomic E-state index is -3.37. The van der Waals surface area contributed by atoms with Crippen LogP contribution in [0.5, 0.6) is 0 Å². The summed E-state index contributed by atoms with van der Waals surface area (Å²) in [5.41, 5.74) is -0.353. The molecule has 4 aliphatic rings. The van der Waals surface area contributed by atoms with Crippen molar-refractivity contribution in [3.8, 4) is 0 Å². The van der Waals surface area contributed by atoms with E-state index in [1.54, 1.807) is 12.4 Å². The van der Waals surface area contributed by atoms with Crippen LogP contribution >= 0.6 is 11.6 Å². The van der Waals surface area contributed by atoms with Gasteiger partial charge in [-0.1, -0.05) is 11.6 Å². The van der Waals surface area contributed by atoms with Crippen LogP contribution in [0, 0.1) is 5.41 Å². The Balaban J connectivity index is 1.22. The van der Waals surface area contributed by atoms with Crippen molar-refractivity contribution in [2.45, 2.75) is 60.1 Å². The molecule has 1 spiro atoms. The van der Waals surface area contributed by atoms with Crippen LogP contribution in [0.15, 0.2) is 17.3 Å². The van der Waals surface area contributed by atoms with Crippen molar-refractivity contribution in [2.75, 3.05) is 29.9 Å². The van der Waals surface area contributed by atoms with Crippen molar-refractivity contribution < 1.29 is 18.1 Å². The number of nitrogens with one attached hydrogen (secondary N) is 1. The molecule has 1 atom stereocenters. The number of hydrogen-bond donors (Lipinski definition) is 2. The molecule has 1 saturated heterocycles. The number of alkyl halides is 2. The van der Waals surface area contributed by atoms with Gasteiger partial charge in [-0.25, -0.2) is 19.2 Å².